The van der Waals surface area contributed by atoms with Gasteiger partial charge in [-0.05, 0) is 12.1 Å². The quantitative estimate of drug-likeness (QED) is 0.675. The molecule has 2 rings (SSSR count). The molecule has 0 bridgehead atoms. The highest BCUT2D eigenvalue weighted by Gasteiger charge is 2.44. The lowest BCUT2D eigenvalue weighted by Gasteiger charge is -2.23. The summed E-state index contributed by atoms with van der Waals surface area (Å²) in [6.45, 7) is 0.269. The van der Waals surface area contributed by atoms with Gasteiger partial charge in [0, 0.05) is 13.0 Å². The third-order valence-corrected chi connectivity index (χ3v) is 2.80. The molecule has 1 unspecified atom stereocenters. The van der Waals surface area contributed by atoms with Crippen molar-refractivity contribution in [2.24, 2.45) is 0 Å². The van der Waals surface area contributed by atoms with Gasteiger partial charge in [0.15, 0.2) is 5.54 Å². The molecule has 0 aliphatic carbocycles. The topological polar surface area (TPSA) is 115 Å². The Morgan fingerprint density at radius 3 is 2.78 bits per heavy atom. The van der Waals surface area contributed by atoms with Gasteiger partial charge in [0.25, 0.3) is 5.91 Å². The zero-order valence-electron chi connectivity index (χ0n) is 9.55. The van der Waals surface area contributed by atoms with Crippen LogP contribution in [0.25, 0.3) is 0 Å². The van der Waals surface area contributed by atoms with Crippen LogP contribution < -0.4 is 11.1 Å². The van der Waals surface area contributed by atoms with Gasteiger partial charge in [0.05, 0.1) is 18.5 Å². The number of pyridine rings is 1. The second kappa shape index (κ2) is 4.61. The highest BCUT2D eigenvalue weighted by Crippen LogP contribution is 2.19. The Bertz CT molecular complexity index is 466. The molecule has 1 aliphatic rings. The van der Waals surface area contributed by atoms with E-state index >= 15 is 0 Å². The minimum absolute atomic E-state index is 0.0386. The van der Waals surface area contributed by atoms with Crippen molar-refractivity contribution >= 4 is 17.6 Å². The molecule has 1 atom stereocenters. The molecular weight excluding hydrogens is 238 g/mol. The predicted molar refractivity (Wildman–Crippen MR) is 61.9 cm³/mol. The molecule has 0 radical (unpaired) electrons. The SMILES string of the molecule is Nc1ccc(C(=O)NC2(C(=O)O)CCOC2)nc1. The van der Waals surface area contributed by atoms with E-state index in [1.807, 2.05) is 0 Å². The van der Waals surface area contributed by atoms with Crippen LogP contribution in [0.1, 0.15) is 16.9 Å². The lowest BCUT2D eigenvalue weighted by Crippen LogP contribution is -2.55. The van der Waals surface area contributed by atoms with Gasteiger partial charge >= 0.3 is 5.97 Å². The summed E-state index contributed by atoms with van der Waals surface area (Å²) >= 11 is 0. The average Bonchev–Trinajstić information content (AvgIpc) is 2.79. The maximum Gasteiger partial charge on any atom is 0.331 e. The van der Waals surface area contributed by atoms with Gasteiger partial charge in [-0.1, -0.05) is 0 Å². The third kappa shape index (κ3) is 2.25. The lowest BCUT2D eigenvalue weighted by molar-refractivity contribution is -0.144. The Morgan fingerprint density at radius 2 is 2.28 bits per heavy atom. The number of aromatic nitrogens is 1. The van der Waals surface area contributed by atoms with Crippen LogP contribution in [0.2, 0.25) is 0 Å². The van der Waals surface area contributed by atoms with E-state index in [0.29, 0.717) is 12.3 Å². The standard InChI is InChI=1S/C11H13N3O4/c12-7-1-2-8(13-5-7)9(15)14-11(10(16)17)3-4-18-6-11/h1-2,5H,3-4,6,12H2,(H,14,15)(H,16,17). The van der Waals surface area contributed by atoms with Crippen molar-refractivity contribution in [2.75, 3.05) is 18.9 Å². The summed E-state index contributed by atoms with van der Waals surface area (Å²) in [4.78, 5) is 26.9. The Hall–Kier alpha value is -2.15. The summed E-state index contributed by atoms with van der Waals surface area (Å²) in [7, 11) is 0. The Kier molecular flexibility index (Phi) is 3.15. The fraction of sp³-hybridized carbons (Fsp3) is 0.364. The van der Waals surface area contributed by atoms with Gasteiger partial charge in [-0.3, -0.25) is 4.79 Å². The molecule has 18 heavy (non-hydrogen) atoms. The number of anilines is 1. The molecule has 0 saturated carbocycles. The van der Waals surface area contributed by atoms with Crippen molar-refractivity contribution in [1.29, 1.82) is 0 Å². The van der Waals surface area contributed by atoms with Crippen LogP contribution in [0, 0.1) is 0 Å². The van der Waals surface area contributed by atoms with E-state index in [9.17, 15) is 9.59 Å². The molecule has 0 aromatic carbocycles. The number of nitrogens with one attached hydrogen (secondary N) is 1. The number of hydrogen-bond acceptors (Lipinski definition) is 5. The lowest BCUT2D eigenvalue weighted by atomic mass is 9.99. The van der Waals surface area contributed by atoms with E-state index in [2.05, 4.69) is 10.3 Å². The van der Waals surface area contributed by atoms with Crippen molar-refractivity contribution in [3.8, 4) is 0 Å². The first-order valence-electron chi connectivity index (χ1n) is 5.39. The molecular formula is C11H13N3O4. The maximum absolute atomic E-state index is 11.9. The van der Waals surface area contributed by atoms with Crippen LogP contribution in [0.5, 0.6) is 0 Å². The van der Waals surface area contributed by atoms with Crippen molar-refractivity contribution < 1.29 is 19.4 Å². The van der Waals surface area contributed by atoms with E-state index in [4.69, 9.17) is 15.6 Å². The molecule has 1 saturated heterocycles. The normalized spacial score (nSPS) is 22.7. The number of amides is 1. The summed E-state index contributed by atoms with van der Waals surface area (Å²) in [6, 6.07) is 2.97. The van der Waals surface area contributed by atoms with Crippen molar-refractivity contribution in [1.82, 2.24) is 10.3 Å². The summed E-state index contributed by atoms with van der Waals surface area (Å²) in [5, 5.41) is 11.6. The fourth-order valence-corrected chi connectivity index (χ4v) is 1.71. The Labute approximate surface area is 103 Å². The number of nitrogen functional groups attached to an aromatic ring is 1. The second-order valence-corrected chi connectivity index (χ2v) is 4.12. The molecule has 1 aliphatic heterocycles. The monoisotopic (exact) mass is 251 g/mol. The average molecular weight is 251 g/mol. The Morgan fingerprint density at radius 1 is 1.50 bits per heavy atom. The van der Waals surface area contributed by atoms with Gasteiger partial charge in [-0.15, -0.1) is 0 Å². The van der Waals surface area contributed by atoms with Gasteiger partial charge in [0.2, 0.25) is 0 Å². The van der Waals surface area contributed by atoms with Crippen molar-refractivity contribution in [3.63, 3.8) is 0 Å². The minimum Gasteiger partial charge on any atom is -0.479 e. The molecule has 7 heteroatoms. The van der Waals surface area contributed by atoms with Crippen LogP contribution in [0.4, 0.5) is 5.69 Å². The maximum atomic E-state index is 11.9. The molecule has 96 valence electrons. The molecule has 1 amide bonds. The molecule has 7 nitrogen and oxygen atoms in total. The molecule has 1 aromatic heterocycles. The van der Waals surface area contributed by atoms with Gasteiger partial charge in [-0.2, -0.15) is 0 Å². The molecule has 0 spiro atoms. The number of aliphatic carboxylic acids is 1. The van der Waals surface area contributed by atoms with Gasteiger partial charge in [0.1, 0.15) is 5.69 Å². The largest absolute Gasteiger partial charge is 0.479 e. The molecule has 4 N–H and O–H groups in total. The predicted octanol–water partition coefficient (Wildman–Crippen LogP) is -0.363. The number of carboxylic acid groups (broad SMARTS) is 1. The number of carbonyl (C=O) groups is 2. The number of hydrogen-bond donors (Lipinski definition) is 3. The van der Waals surface area contributed by atoms with Gasteiger partial charge < -0.3 is 20.9 Å². The highest BCUT2D eigenvalue weighted by molar-refractivity contribution is 5.96. The van der Waals surface area contributed by atoms with E-state index in [1.165, 1.54) is 18.3 Å². The summed E-state index contributed by atoms with van der Waals surface area (Å²) in [6.07, 6.45) is 1.58. The summed E-state index contributed by atoms with van der Waals surface area (Å²) in [5.41, 5.74) is 4.65. The molecule has 1 aromatic rings. The van der Waals surface area contributed by atoms with Crippen LogP contribution in [-0.4, -0.2) is 40.7 Å². The fourth-order valence-electron chi connectivity index (χ4n) is 1.71. The van der Waals surface area contributed by atoms with E-state index in [0.717, 1.165) is 0 Å². The van der Waals surface area contributed by atoms with Gasteiger partial charge in [-0.25, -0.2) is 9.78 Å². The van der Waals surface area contributed by atoms with Crippen LogP contribution in [0.15, 0.2) is 18.3 Å². The zero-order valence-corrected chi connectivity index (χ0v) is 9.55. The van der Waals surface area contributed by atoms with Crippen LogP contribution in [0.3, 0.4) is 0 Å². The smallest absolute Gasteiger partial charge is 0.331 e. The van der Waals surface area contributed by atoms with Crippen LogP contribution >= 0.6 is 0 Å². The summed E-state index contributed by atoms with van der Waals surface area (Å²) < 4.78 is 5.04. The van der Waals surface area contributed by atoms with E-state index in [-0.39, 0.29) is 18.7 Å². The molecule has 2 heterocycles. The first kappa shape index (κ1) is 12.3. The Balaban J connectivity index is 2.15. The van der Waals surface area contributed by atoms with E-state index in [1.54, 1.807) is 0 Å². The van der Waals surface area contributed by atoms with E-state index < -0.39 is 17.4 Å². The third-order valence-electron chi connectivity index (χ3n) is 2.80. The number of carboxylic acids is 1. The first-order chi connectivity index (χ1) is 8.53. The first-order valence-corrected chi connectivity index (χ1v) is 5.39. The van der Waals surface area contributed by atoms with Crippen molar-refractivity contribution in [3.05, 3.63) is 24.0 Å². The number of ether oxygens (including phenoxy) is 1. The zero-order chi connectivity index (χ0) is 13.2. The summed E-state index contributed by atoms with van der Waals surface area (Å²) in [5.74, 6) is -1.66. The minimum atomic E-state index is -1.36. The van der Waals surface area contributed by atoms with Crippen molar-refractivity contribution in [2.45, 2.75) is 12.0 Å². The number of carbonyl (C=O) groups excluding carboxylic acids is 1. The number of nitrogens with two attached hydrogens (primary N) is 1. The van der Waals surface area contributed by atoms with Crippen LogP contribution in [-0.2, 0) is 9.53 Å². The second-order valence-electron chi connectivity index (χ2n) is 4.12. The molecule has 1 fully saturated rings. The highest BCUT2D eigenvalue weighted by atomic mass is 16.5. The number of rotatable bonds is 3. The number of nitrogens with zero attached hydrogens (tertiary/aromatic N) is 1.